The molecule has 0 fully saturated rings. The molecule has 128 valence electrons. The molecule has 0 bridgehead atoms. The van der Waals surface area contributed by atoms with Crippen LogP contribution in [-0.2, 0) is 24.9 Å². The molecule has 0 saturated carbocycles. The van der Waals surface area contributed by atoms with E-state index in [1.807, 2.05) is 12.1 Å². The van der Waals surface area contributed by atoms with Crippen molar-refractivity contribution in [2.45, 2.75) is 52.6 Å². The quantitative estimate of drug-likeness (QED) is 0.904. The van der Waals surface area contributed by atoms with Gasteiger partial charge in [0.1, 0.15) is 5.82 Å². The van der Waals surface area contributed by atoms with E-state index in [2.05, 4.69) is 43.6 Å². The third-order valence-electron chi connectivity index (χ3n) is 4.60. The number of rotatable bonds is 2. The summed E-state index contributed by atoms with van der Waals surface area (Å²) in [6, 6.07) is 5.99. The number of hydrogen-bond acceptors (Lipinski definition) is 3. The van der Waals surface area contributed by atoms with E-state index in [1.165, 1.54) is 5.56 Å². The van der Waals surface area contributed by atoms with Crippen LogP contribution < -0.4 is 5.56 Å². The fraction of sp³-hybridized carbons (Fsp3) is 0.474. The van der Waals surface area contributed by atoms with Crippen molar-refractivity contribution in [1.82, 2.24) is 14.9 Å². The molecule has 5 heteroatoms. The second-order valence-corrected chi connectivity index (χ2v) is 7.99. The van der Waals surface area contributed by atoms with Crippen molar-refractivity contribution >= 4 is 11.6 Å². The van der Waals surface area contributed by atoms with Gasteiger partial charge in [-0.1, -0.05) is 44.5 Å². The van der Waals surface area contributed by atoms with Crippen molar-refractivity contribution in [2.24, 2.45) is 0 Å². The summed E-state index contributed by atoms with van der Waals surface area (Å²) in [6.07, 6.45) is 0.728. The van der Waals surface area contributed by atoms with Crippen LogP contribution in [0.2, 0.25) is 5.02 Å². The minimum absolute atomic E-state index is 0.0125. The van der Waals surface area contributed by atoms with Gasteiger partial charge in [-0.2, -0.15) is 0 Å². The standard InChI is InChI=1S/C19H24ClN3O/c1-12-6-5-7-15(20)14(12)10-23-9-8-13-16(11-23)21-18(19(2,3)4)22-17(13)24/h5-7H,8-11H2,1-4H3,(H,21,22,24). The number of aryl methyl sites for hydroxylation is 1. The van der Waals surface area contributed by atoms with E-state index in [1.54, 1.807) is 0 Å². The highest BCUT2D eigenvalue weighted by Crippen LogP contribution is 2.25. The molecule has 2 heterocycles. The summed E-state index contributed by atoms with van der Waals surface area (Å²) in [4.78, 5) is 22.4. The number of benzene rings is 1. The minimum atomic E-state index is -0.171. The largest absolute Gasteiger partial charge is 0.310 e. The van der Waals surface area contributed by atoms with Crippen LogP contribution >= 0.6 is 11.6 Å². The van der Waals surface area contributed by atoms with Gasteiger partial charge >= 0.3 is 0 Å². The molecular formula is C19H24ClN3O. The molecule has 0 amide bonds. The lowest BCUT2D eigenvalue weighted by Gasteiger charge is -2.29. The molecule has 4 nitrogen and oxygen atoms in total. The molecule has 0 aliphatic carbocycles. The maximum atomic E-state index is 12.4. The topological polar surface area (TPSA) is 49.0 Å². The second kappa shape index (κ2) is 6.34. The van der Waals surface area contributed by atoms with Gasteiger partial charge in [0.15, 0.2) is 0 Å². The molecule has 2 aromatic rings. The van der Waals surface area contributed by atoms with Crippen LogP contribution in [0.25, 0.3) is 0 Å². The number of aromatic nitrogens is 2. The third-order valence-corrected chi connectivity index (χ3v) is 4.95. The second-order valence-electron chi connectivity index (χ2n) is 7.59. The monoisotopic (exact) mass is 345 g/mol. The van der Waals surface area contributed by atoms with E-state index in [4.69, 9.17) is 16.6 Å². The first-order valence-electron chi connectivity index (χ1n) is 8.34. The molecule has 0 spiro atoms. The van der Waals surface area contributed by atoms with Crippen molar-refractivity contribution in [3.8, 4) is 0 Å². The molecule has 0 saturated heterocycles. The first-order chi connectivity index (χ1) is 11.3. The van der Waals surface area contributed by atoms with Gasteiger partial charge < -0.3 is 4.98 Å². The normalized spacial score (nSPS) is 15.4. The fourth-order valence-electron chi connectivity index (χ4n) is 3.07. The lowest BCUT2D eigenvalue weighted by atomic mass is 9.94. The van der Waals surface area contributed by atoms with E-state index in [0.29, 0.717) is 6.54 Å². The highest BCUT2D eigenvalue weighted by molar-refractivity contribution is 6.31. The molecular weight excluding hydrogens is 322 g/mol. The maximum Gasteiger partial charge on any atom is 0.254 e. The van der Waals surface area contributed by atoms with Gasteiger partial charge in [0.05, 0.1) is 5.69 Å². The average molecular weight is 346 g/mol. The van der Waals surface area contributed by atoms with Gasteiger partial charge in [-0.15, -0.1) is 0 Å². The summed E-state index contributed by atoms with van der Waals surface area (Å²) in [5, 5.41) is 0.801. The first kappa shape index (κ1) is 17.2. The van der Waals surface area contributed by atoms with Crippen molar-refractivity contribution in [3.63, 3.8) is 0 Å². The SMILES string of the molecule is Cc1cccc(Cl)c1CN1CCc2c(nc(C(C)(C)C)[nH]c2=O)C1. The smallest absolute Gasteiger partial charge is 0.254 e. The van der Waals surface area contributed by atoms with Crippen LogP contribution in [0.5, 0.6) is 0 Å². The summed E-state index contributed by atoms with van der Waals surface area (Å²) >= 11 is 6.36. The zero-order valence-corrected chi connectivity index (χ0v) is 15.5. The summed E-state index contributed by atoms with van der Waals surface area (Å²) < 4.78 is 0. The number of H-pyrrole nitrogens is 1. The van der Waals surface area contributed by atoms with Crippen LogP contribution in [0.15, 0.2) is 23.0 Å². The zero-order valence-electron chi connectivity index (χ0n) is 14.7. The molecule has 0 unspecified atom stereocenters. The van der Waals surface area contributed by atoms with Gasteiger partial charge in [-0.3, -0.25) is 9.69 Å². The van der Waals surface area contributed by atoms with Crippen molar-refractivity contribution in [3.05, 3.63) is 61.8 Å². The fourth-order valence-corrected chi connectivity index (χ4v) is 3.36. The molecule has 24 heavy (non-hydrogen) atoms. The Morgan fingerprint density at radius 1 is 1.33 bits per heavy atom. The number of hydrogen-bond donors (Lipinski definition) is 1. The summed E-state index contributed by atoms with van der Waals surface area (Å²) in [6.45, 7) is 10.6. The number of fused-ring (bicyclic) bond motifs is 1. The highest BCUT2D eigenvalue weighted by Gasteiger charge is 2.25. The lowest BCUT2D eigenvalue weighted by Crippen LogP contribution is -2.36. The van der Waals surface area contributed by atoms with Crippen LogP contribution in [0.4, 0.5) is 0 Å². The van der Waals surface area contributed by atoms with E-state index in [-0.39, 0.29) is 11.0 Å². The Balaban J connectivity index is 1.89. The Kier molecular flexibility index (Phi) is 4.54. The number of aromatic amines is 1. The van der Waals surface area contributed by atoms with E-state index in [0.717, 1.165) is 47.2 Å². The first-order valence-corrected chi connectivity index (χ1v) is 8.72. The molecule has 3 rings (SSSR count). The Hall–Kier alpha value is -1.65. The van der Waals surface area contributed by atoms with Gasteiger partial charge in [0.2, 0.25) is 0 Å². The summed E-state index contributed by atoms with van der Waals surface area (Å²) in [5.41, 5.74) is 3.93. The number of nitrogens with one attached hydrogen (secondary N) is 1. The molecule has 1 aromatic carbocycles. The Morgan fingerprint density at radius 3 is 2.75 bits per heavy atom. The Labute approximate surface area is 147 Å². The van der Waals surface area contributed by atoms with Gasteiger partial charge in [-0.25, -0.2) is 4.98 Å². The predicted molar refractivity (Wildman–Crippen MR) is 97.6 cm³/mol. The average Bonchev–Trinajstić information content (AvgIpc) is 2.50. The van der Waals surface area contributed by atoms with Crippen LogP contribution in [0, 0.1) is 6.92 Å². The van der Waals surface area contributed by atoms with Gasteiger partial charge in [0, 0.05) is 35.6 Å². The molecule has 1 N–H and O–H groups in total. The molecule has 0 radical (unpaired) electrons. The molecule has 1 aliphatic heterocycles. The van der Waals surface area contributed by atoms with E-state index in [9.17, 15) is 4.79 Å². The third kappa shape index (κ3) is 3.40. The van der Waals surface area contributed by atoms with E-state index < -0.39 is 0 Å². The van der Waals surface area contributed by atoms with Crippen LogP contribution in [0.1, 0.15) is 49.0 Å². The Bertz CT molecular complexity index is 800. The summed E-state index contributed by atoms with van der Waals surface area (Å²) in [5.74, 6) is 0.752. The molecule has 1 aromatic heterocycles. The predicted octanol–water partition coefficient (Wildman–Crippen LogP) is 3.59. The van der Waals surface area contributed by atoms with Crippen molar-refractivity contribution in [2.75, 3.05) is 6.54 Å². The minimum Gasteiger partial charge on any atom is -0.310 e. The van der Waals surface area contributed by atoms with Crippen molar-refractivity contribution in [1.29, 1.82) is 0 Å². The lowest BCUT2D eigenvalue weighted by molar-refractivity contribution is 0.239. The Morgan fingerprint density at radius 2 is 2.08 bits per heavy atom. The van der Waals surface area contributed by atoms with Crippen molar-refractivity contribution < 1.29 is 0 Å². The van der Waals surface area contributed by atoms with E-state index >= 15 is 0 Å². The maximum absolute atomic E-state index is 12.4. The zero-order chi connectivity index (χ0) is 17.5. The summed E-state index contributed by atoms with van der Waals surface area (Å²) in [7, 11) is 0. The van der Waals surface area contributed by atoms with Gasteiger partial charge in [-0.05, 0) is 30.5 Å². The highest BCUT2D eigenvalue weighted by atomic mass is 35.5. The molecule has 0 atom stereocenters. The van der Waals surface area contributed by atoms with Gasteiger partial charge in [0.25, 0.3) is 5.56 Å². The number of nitrogens with zero attached hydrogens (tertiary/aromatic N) is 2. The number of halogens is 1. The van der Waals surface area contributed by atoms with Crippen LogP contribution in [-0.4, -0.2) is 21.4 Å². The molecule has 1 aliphatic rings. The van der Waals surface area contributed by atoms with Crippen LogP contribution in [0.3, 0.4) is 0 Å².